The first-order valence-corrected chi connectivity index (χ1v) is 6.84. The highest BCUT2D eigenvalue weighted by Crippen LogP contribution is 2.43. The van der Waals surface area contributed by atoms with Gasteiger partial charge in [0, 0.05) is 6.54 Å². The third-order valence-electron chi connectivity index (χ3n) is 4.20. The van der Waals surface area contributed by atoms with Crippen molar-refractivity contribution in [2.24, 2.45) is 5.41 Å². The largest absolute Gasteiger partial charge is 0.481 e. The van der Waals surface area contributed by atoms with E-state index >= 15 is 0 Å². The Labute approximate surface area is 107 Å². The van der Waals surface area contributed by atoms with E-state index in [4.69, 9.17) is 5.11 Å². The summed E-state index contributed by atoms with van der Waals surface area (Å²) in [4.78, 5) is 22.8. The normalized spacial score (nSPS) is 26.1. The number of nitrogens with one attached hydrogen (secondary N) is 2. The second-order valence-corrected chi connectivity index (χ2v) is 5.64. The zero-order valence-corrected chi connectivity index (χ0v) is 10.7. The summed E-state index contributed by atoms with van der Waals surface area (Å²) in [5, 5.41) is 15.0. The average molecular weight is 254 g/mol. The predicted molar refractivity (Wildman–Crippen MR) is 67.2 cm³/mol. The van der Waals surface area contributed by atoms with E-state index in [9.17, 15) is 9.59 Å². The Bertz CT molecular complexity index is 320. The summed E-state index contributed by atoms with van der Waals surface area (Å²) < 4.78 is 0. The van der Waals surface area contributed by atoms with Gasteiger partial charge in [-0.15, -0.1) is 0 Å². The Kier molecular flexibility index (Phi) is 4.22. The Morgan fingerprint density at radius 2 is 2.06 bits per heavy atom. The molecule has 1 saturated carbocycles. The fourth-order valence-electron chi connectivity index (χ4n) is 2.89. The van der Waals surface area contributed by atoms with Crippen molar-refractivity contribution in [1.82, 2.24) is 10.6 Å². The molecule has 1 aliphatic heterocycles. The summed E-state index contributed by atoms with van der Waals surface area (Å²) in [7, 11) is 0. The molecule has 5 heteroatoms. The van der Waals surface area contributed by atoms with Gasteiger partial charge in [-0.3, -0.25) is 9.59 Å². The second kappa shape index (κ2) is 5.69. The van der Waals surface area contributed by atoms with Crippen LogP contribution in [0.5, 0.6) is 0 Å². The van der Waals surface area contributed by atoms with Gasteiger partial charge in [-0.25, -0.2) is 0 Å². The van der Waals surface area contributed by atoms with Crippen molar-refractivity contribution in [2.45, 2.75) is 51.0 Å². The van der Waals surface area contributed by atoms with Crippen molar-refractivity contribution in [1.29, 1.82) is 0 Å². The molecule has 2 rings (SSSR count). The standard InChI is InChI=1S/C13H22N2O3/c16-11(17)8-13(5-3-6-13)9-15-12(18)10-4-1-2-7-14-10/h10,14H,1-9H2,(H,15,18)(H,16,17)/t10-/m1/s1. The Morgan fingerprint density at radius 1 is 1.28 bits per heavy atom. The summed E-state index contributed by atoms with van der Waals surface area (Å²) in [5.74, 6) is -0.730. The number of aliphatic carboxylic acids is 1. The van der Waals surface area contributed by atoms with Gasteiger partial charge < -0.3 is 15.7 Å². The van der Waals surface area contributed by atoms with Crippen molar-refractivity contribution in [2.75, 3.05) is 13.1 Å². The van der Waals surface area contributed by atoms with Crippen LogP contribution < -0.4 is 10.6 Å². The minimum absolute atomic E-state index is 0.0337. The van der Waals surface area contributed by atoms with Crippen molar-refractivity contribution < 1.29 is 14.7 Å². The number of amides is 1. The zero-order chi connectivity index (χ0) is 13.0. The fourth-order valence-corrected chi connectivity index (χ4v) is 2.89. The number of carbonyl (C=O) groups is 2. The van der Waals surface area contributed by atoms with Gasteiger partial charge >= 0.3 is 5.97 Å². The van der Waals surface area contributed by atoms with Gasteiger partial charge in [0.15, 0.2) is 0 Å². The molecule has 0 spiro atoms. The van der Waals surface area contributed by atoms with Crippen LogP contribution in [0.2, 0.25) is 0 Å². The molecular formula is C13H22N2O3. The molecule has 0 aromatic carbocycles. The smallest absolute Gasteiger partial charge is 0.303 e. The zero-order valence-electron chi connectivity index (χ0n) is 10.7. The van der Waals surface area contributed by atoms with E-state index in [1.165, 1.54) is 0 Å². The van der Waals surface area contributed by atoms with Crippen LogP contribution >= 0.6 is 0 Å². The lowest BCUT2D eigenvalue weighted by Crippen LogP contribution is -2.51. The molecule has 1 aliphatic carbocycles. The van der Waals surface area contributed by atoms with E-state index in [1.54, 1.807) is 0 Å². The highest BCUT2D eigenvalue weighted by atomic mass is 16.4. The molecule has 102 valence electrons. The minimum atomic E-state index is -0.764. The van der Waals surface area contributed by atoms with Gasteiger partial charge in [-0.1, -0.05) is 12.8 Å². The maximum atomic E-state index is 11.9. The van der Waals surface area contributed by atoms with Crippen LogP contribution in [0.4, 0.5) is 0 Å². The summed E-state index contributed by atoms with van der Waals surface area (Å²) in [6, 6.07) is -0.0827. The summed E-state index contributed by atoms with van der Waals surface area (Å²) in [6.45, 7) is 1.41. The number of carboxylic acids is 1. The number of carboxylic acid groups (broad SMARTS) is 1. The molecule has 0 radical (unpaired) electrons. The third-order valence-corrected chi connectivity index (χ3v) is 4.20. The molecule has 2 fully saturated rings. The maximum absolute atomic E-state index is 11.9. The van der Waals surface area contributed by atoms with Crippen LogP contribution in [0.1, 0.15) is 44.9 Å². The molecule has 0 unspecified atom stereocenters. The first-order valence-electron chi connectivity index (χ1n) is 6.84. The molecule has 0 aromatic rings. The molecule has 1 heterocycles. The van der Waals surface area contributed by atoms with Crippen LogP contribution in [-0.4, -0.2) is 36.1 Å². The quantitative estimate of drug-likeness (QED) is 0.681. The van der Waals surface area contributed by atoms with E-state index in [0.29, 0.717) is 6.54 Å². The van der Waals surface area contributed by atoms with E-state index in [1.807, 2.05) is 0 Å². The van der Waals surface area contributed by atoms with Gasteiger partial charge in [-0.05, 0) is 37.6 Å². The highest BCUT2D eigenvalue weighted by Gasteiger charge is 2.39. The minimum Gasteiger partial charge on any atom is -0.481 e. The lowest BCUT2D eigenvalue weighted by molar-refractivity contribution is -0.142. The molecule has 1 saturated heterocycles. The third kappa shape index (κ3) is 3.22. The van der Waals surface area contributed by atoms with Crippen LogP contribution in [-0.2, 0) is 9.59 Å². The Hall–Kier alpha value is -1.10. The van der Waals surface area contributed by atoms with Crippen LogP contribution in [0.15, 0.2) is 0 Å². The van der Waals surface area contributed by atoms with Crippen molar-refractivity contribution in [3.05, 3.63) is 0 Å². The van der Waals surface area contributed by atoms with Crippen LogP contribution in [0, 0.1) is 5.41 Å². The van der Waals surface area contributed by atoms with Gasteiger partial charge in [0.05, 0.1) is 12.5 Å². The van der Waals surface area contributed by atoms with Crippen LogP contribution in [0.25, 0.3) is 0 Å². The molecule has 0 bridgehead atoms. The Morgan fingerprint density at radius 3 is 2.56 bits per heavy atom. The molecule has 0 aromatic heterocycles. The number of rotatable bonds is 5. The van der Waals surface area contributed by atoms with Gasteiger partial charge in [0.25, 0.3) is 0 Å². The van der Waals surface area contributed by atoms with Crippen LogP contribution in [0.3, 0.4) is 0 Å². The topological polar surface area (TPSA) is 78.4 Å². The van der Waals surface area contributed by atoms with E-state index < -0.39 is 5.97 Å². The van der Waals surface area contributed by atoms with Gasteiger partial charge in [0.2, 0.25) is 5.91 Å². The summed E-state index contributed by atoms with van der Waals surface area (Å²) >= 11 is 0. The molecule has 18 heavy (non-hydrogen) atoms. The number of piperidine rings is 1. The fraction of sp³-hybridized carbons (Fsp3) is 0.846. The maximum Gasteiger partial charge on any atom is 0.303 e. The van der Waals surface area contributed by atoms with Gasteiger partial charge in [0.1, 0.15) is 0 Å². The van der Waals surface area contributed by atoms with Gasteiger partial charge in [-0.2, -0.15) is 0 Å². The first kappa shape index (κ1) is 13.3. The van der Waals surface area contributed by atoms with E-state index in [2.05, 4.69) is 10.6 Å². The summed E-state index contributed by atoms with van der Waals surface area (Å²) in [6.07, 6.45) is 6.18. The number of hydrogen-bond donors (Lipinski definition) is 3. The Balaban J connectivity index is 1.78. The molecule has 3 N–H and O–H groups in total. The SMILES string of the molecule is O=C(O)CC1(CNC(=O)[C@H]2CCCCN2)CCC1. The van der Waals surface area contributed by atoms with Crippen molar-refractivity contribution in [3.63, 3.8) is 0 Å². The summed E-state index contributed by atoms with van der Waals surface area (Å²) in [5.41, 5.74) is -0.184. The molecule has 5 nitrogen and oxygen atoms in total. The number of hydrogen-bond acceptors (Lipinski definition) is 3. The molecule has 1 amide bonds. The second-order valence-electron chi connectivity index (χ2n) is 5.64. The first-order chi connectivity index (χ1) is 8.61. The molecular weight excluding hydrogens is 232 g/mol. The lowest BCUT2D eigenvalue weighted by Gasteiger charge is -2.41. The van der Waals surface area contributed by atoms with Crippen molar-refractivity contribution in [3.8, 4) is 0 Å². The predicted octanol–water partition coefficient (Wildman–Crippen LogP) is 0.890. The molecule has 1 atom stereocenters. The monoisotopic (exact) mass is 254 g/mol. The number of carbonyl (C=O) groups excluding carboxylic acids is 1. The van der Waals surface area contributed by atoms with E-state index in [0.717, 1.165) is 45.1 Å². The lowest BCUT2D eigenvalue weighted by atomic mass is 9.66. The highest BCUT2D eigenvalue weighted by molar-refractivity contribution is 5.82. The molecule has 2 aliphatic rings. The van der Waals surface area contributed by atoms with E-state index in [-0.39, 0.29) is 23.8 Å². The average Bonchev–Trinajstić information content (AvgIpc) is 2.32. The van der Waals surface area contributed by atoms with Crippen molar-refractivity contribution >= 4 is 11.9 Å².